The summed E-state index contributed by atoms with van der Waals surface area (Å²) in [5, 5.41) is 7.19. The molecule has 3 nitrogen and oxygen atoms in total. The van der Waals surface area contributed by atoms with Gasteiger partial charge in [0.15, 0.2) is 0 Å². The summed E-state index contributed by atoms with van der Waals surface area (Å²) in [6, 6.07) is -0.0289. The summed E-state index contributed by atoms with van der Waals surface area (Å²) >= 11 is 0. The van der Waals surface area contributed by atoms with Crippen molar-refractivity contribution in [2.24, 2.45) is 0 Å². The Kier molecular flexibility index (Phi) is 2.90. The number of rotatable bonds is 2. The van der Waals surface area contributed by atoms with Gasteiger partial charge in [0, 0.05) is 13.1 Å². The van der Waals surface area contributed by atoms with Gasteiger partial charge in [0.05, 0.1) is 6.04 Å². The second kappa shape index (κ2) is 3.96. The molecule has 1 aliphatic heterocycles. The quantitative estimate of drug-likeness (QED) is 0.440. The van der Waals surface area contributed by atoms with Crippen LogP contribution in [0.3, 0.4) is 0 Å². The SMILES string of the molecule is C=CCC1[N]CCNC1=C=O. The number of hydrogen-bond acceptors (Lipinski definition) is 2. The van der Waals surface area contributed by atoms with Crippen LogP contribution in [0.5, 0.6) is 0 Å². The average molecular weight is 151 g/mol. The van der Waals surface area contributed by atoms with Crippen molar-refractivity contribution in [2.45, 2.75) is 12.5 Å². The summed E-state index contributed by atoms with van der Waals surface area (Å²) in [4.78, 5) is 10.3. The van der Waals surface area contributed by atoms with Crippen LogP contribution in [0.1, 0.15) is 6.42 Å². The predicted molar refractivity (Wildman–Crippen MR) is 42.8 cm³/mol. The van der Waals surface area contributed by atoms with E-state index in [1.807, 2.05) is 5.94 Å². The van der Waals surface area contributed by atoms with E-state index in [4.69, 9.17) is 0 Å². The topological polar surface area (TPSA) is 43.2 Å². The maximum Gasteiger partial charge on any atom is 0.147 e. The summed E-state index contributed by atoms with van der Waals surface area (Å²) < 4.78 is 0. The second-order valence-electron chi connectivity index (χ2n) is 2.39. The van der Waals surface area contributed by atoms with Gasteiger partial charge in [0.2, 0.25) is 0 Å². The zero-order valence-electron chi connectivity index (χ0n) is 6.34. The Morgan fingerprint density at radius 1 is 1.91 bits per heavy atom. The van der Waals surface area contributed by atoms with Crippen LogP contribution in [-0.4, -0.2) is 25.1 Å². The highest BCUT2D eigenvalue weighted by Gasteiger charge is 2.18. The normalized spacial score (nSPS) is 23.6. The third kappa shape index (κ3) is 1.93. The van der Waals surface area contributed by atoms with E-state index in [0.29, 0.717) is 5.70 Å². The van der Waals surface area contributed by atoms with E-state index >= 15 is 0 Å². The van der Waals surface area contributed by atoms with E-state index in [2.05, 4.69) is 17.2 Å². The van der Waals surface area contributed by atoms with Crippen molar-refractivity contribution in [3.8, 4) is 0 Å². The van der Waals surface area contributed by atoms with E-state index in [1.165, 1.54) is 0 Å². The smallest absolute Gasteiger partial charge is 0.147 e. The predicted octanol–water partition coefficient (Wildman–Crippen LogP) is -0.146. The molecule has 0 spiro atoms. The number of nitrogens with one attached hydrogen (secondary N) is 1. The van der Waals surface area contributed by atoms with Crippen molar-refractivity contribution in [1.82, 2.24) is 10.6 Å². The molecule has 0 saturated carbocycles. The minimum atomic E-state index is -0.0289. The fraction of sp³-hybridized carbons (Fsp3) is 0.500. The van der Waals surface area contributed by atoms with Gasteiger partial charge in [0.25, 0.3) is 0 Å². The molecule has 59 valence electrons. The molecule has 1 fully saturated rings. The highest BCUT2D eigenvalue weighted by atomic mass is 16.1. The van der Waals surface area contributed by atoms with Gasteiger partial charge in [-0.2, -0.15) is 0 Å². The van der Waals surface area contributed by atoms with Crippen molar-refractivity contribution >= 4 is 5.94 Å². The highest BCUT2D eigenvalue weighted by Crippen LogP contribution is 2.05. The lowest BCUT2D eigenvalue weighted by Gasteiger charge is -2.22. The second-order valence-corrected chi connectivity index (χ2v) is 2.39. The minimum absolute atomic E-state index is 0.0289. The lowest BCUT2D eigenvalue weighted by Crippen LogP contribution is -2.42. The molecule has 1 radical (unpaired) electrons. The van der Waals surface area contributed by atoms with E-state index < -0.39 is 0 Å². The monoisotopic (exact) mass is 151 g/mol. The molecule has 1 heterocycles. The Hall–Kier alpha value is -1.05. The molecule has 0 aromatic rings. The number of nitrogens with zero attached hydrogens (tertiary/aromatic N) is 1. The van der Waals surface area contributed by atoms with Gasteiger partial charge in [-0.3, -0.25) is 0 Å². The van der Waals surface area contributed by atoms with Gasteiger partial charge in [-0.05, 0) is 6.42 Å². The van der Waals surface area contributed by atoms with Gasteiger partial charge in [-0.15, -0.1) is 6.58 Å². The van der Waals surface area contributed by atoms with Crippen molar-refractivity contribution in [2.75, 3.05) is 13.1 Å². The Morgan fingerprint density at radius 2 is 2.73 bits per heavy atom. The Labute approximate surface area is 66.2 Å². The molecule has 1 unspecified atom stereocenters. The van der Waals surface area contributed by atoms with Crippen LogP contribution in [0.4, 0.5) is 0 Å². The largest absolute Gasteiger partial charge is 0.377 e. The van der Waals surface area contributed by atoms with Crippen LogP contribution in [0.15, 0.2) is 18.4 Å². The fourth-order valence-electron chi connectivity index (χ4n) is 1.07. The molecule has 3 heteroatoms. The van der Waals surface area contributed by atoms with Crippen molar-refractivity contribution in [3.05, 3.63) is 18.4 Å². The fourth-order valence-corrected chi connectivity index (χ4v) is 1.07. The molecule has 1 atom stereocenters. The number of piperazine rings is 1. The zero-order chi connectivity index (χ0) is 8.10. The van der Waals surface area contributed by atoms with Gasteiger partial charge in [-0.1, -0.05) is 6.08 Å². The first-order valence-electron chi connectivity index (χ1n) is 3.65. The van der Waals surface area contributed by atoms with E-state index in [1.54, 1.807) is 6.08 Å². The molecule has 1 saturated heterocycles. The molecule has 0 amide bonds. The van der Waals surface area contributed by atoms with Crippen molar-refractivity contribution < 1.29 is 4.79 Å². The summed E-state index contributed by atoms with van der Waals surface area (Å²) in [7, 11) is 0. The minimum Gasteiger partial charge on any atom is -0.377 e. The standard InChI is InChI=1S/C8H11N2O/c1-2-3-7-8(6-11)10-5-4-9-7/h2,7,10H,1,3-5H2. The van der Waals surface area contributed by atoms with E-state index in [0.717, 1.165) is 19.5 Å². The van der Waals surface area contributed by atoms with E-state index in [9.17, 15) is 4.79 Å². The molecule has 0 aromatic heterocycles. The third-order valence-corrected chi connectivity index (χ3v) is 1.61. The van der Waals surface area contributed by atoms with E-state index in [-0.39, 0.29) is 6.04 Å². The van der Waals surface area contributed by atoms with Crippen molar-refractivity contribution in [1.29, 1.82) is 0 Å². The van der Waals surface area contributed by atoms with Crippen LogP contribution >= 0.6 is 0 Å². The summed E-state index contributed by atoms with van der Waals surface area (Å²) in [6.45, 7) is 5.11. The van der Waals surface area contributed by atoms with Gasteiger partial charge in [-0.25, -0.2) is 10.1 Å². The first-order chi connectivity index (χ1) is 5.38. The molecule has 0 bridgehead atoms. The first kappa shape index (κ1) is 8.05. The Bertz CT molecular complexity index is 194. The molecule has 1 rings (SSSR count). The van der Waals surface area contributed by atoms with Gasteiger partial charge >= 0.3 is 0 Å². The number of hydrogen-bond donors (Lipinski definition) is 1. The van der Waals surface area contributed by atoms with Crippen LogP contribution < -0.4 is 10.6 Å². The summed E-state index contributed by atoms with van der Waals surface area (Å²) in [6.07, 6.45) is 2.48. The van der Waals surface area contributed by atoms with Crippen LogP contribution in [0, 0.1) is 0 Å². The Balaban J connectivity index is 2.58. The lowest BCUT2D eigenvalue weighted by atomic mass is 10.1. The molecule has 11 heavy (non-hydrogen) atoms. The summed E-state index contributed by atoms with van der Waals surface area (Å²) in [5.41, 5.74) is 0.566. The maximum absolute atomic E-state index is 10.3. The van der Waals surface area contributed by atoms with Crippen LogP contribution in [0.2, 0.25) is 0 Å². The lowest BCUT2D eigenvalue weighted by molar-refractivity contribution is 0.471. The molecule has 1 aliphatic rings. The number of carbonyl (C=O) groups excluding carboxylic acids is 1. The Morgan fingerprint density at radius 3 is 3.36 bits per heavy atom. The molecule has 0 aromatic carbocycles. The first-order valence-corrected chi connectivity index (χ1v) is 3.65. The zero-order valence-corrected chi connectivity index (χ0v) is 6.34. The van der Waals surface area contributed by atoms with Crippen molar-refractivity contribution in [3.63, 3.8) is 0 Å². The molecule has 1 N–H and O–H groups in total. The van der Waals surface area contributed by atoms with Crippen LogP contribution in [-0.2, 0) is 4.79 Å². The highest BCUT2D eigenvalue weighted by molar-refractivity contribution is 5.54. The van der Waals surface area contributed by atoms with Gasteiger partial charge < -0.3 is 5.32 Å². The molecular weight excluding hydrogens is 140 g/mol. The maximum atomic E-state index is 10.3. The third-order valence-electron chi connectivity index (χ3n) is 1.61. The van der Waals surface area contributed by atoms with Gasteiger partial charge in [0.1, 0.15) is 11.6 Å². The average Bonchev–Trinajstić information content (AvgIpc) is 2.06. The molecular formula is C8H11N2O. The summed E-state index contributed by atoms with van der Waals surface area (Å²) in [5.74, 6) is 1.85. The molecule has 0 aliphatic carbocycles. The van der Waals surface area contributed by atoms with Crippen LogP contribution in [0.25, 0.3) is 0 Å².